The lowest BCUT2D eigenvalue weighted by Crippen LogP contribution is -1.90. The van der Waals surface area contributed by atoms with E-state index in [0.717, 1.165) is 23.2 Å². The number of allylic oxidation sites excluding steroid dienone is 1. The van der Waals surface area contributed by atoms with E-state index in [1.165, 1.54) is 11.1 Å². The van der Waals surface area contributed by atoms with Gasteiger partial charge in [0.1, 0.15) is 0 Å². The molecule has 0 saturated carbocycles. The van der Waals surface area contributed by atoms with Crippen LogP contribution in [0.4, 0.5) is 5.69 Å². The van der Waals surface area contributed by atoms with Crippen LogP contribution in [0.3, 0.4) is 0 Å². The second-order valence-corrected chi connectivity index (χ2v) is 3.82. The van der Waals surface area contributed by atoms with Gasteiger partial charge in [-0.25, -0.2) is 0 Å². The molecule has 15 heavy (non-hydrogen) atoms. The van der Waals surface area contributed by atoms with E-state index in [2.05, 4.69) is 37.6 Å². The number of nitrogens with zero attached hydrogens (tertiary/aromatic N) is 1. The van der Waals surface area contributed by atoms with Gasteiger partial charge in [0.15, 0.2) is 0 Å². The first-order valence-electron chi connectivity index (χ1n) is 5.38. The van der Waals surface area contributed by atoms with E-state index in [1.54, 1.807) is 0 Å². The van der Waals surface area contributed by atoms with E-state index in [1.807, 2.05) is 20.1 Å². The topological polar surface area (TPSA) is 12.4 Å². The van der Waals surface area contributed by atoms with Crippen molar-refractivity contribution in [3.8, 4) is 0 Å². The lowest BCUT2D eigenvalue weighted by Gasteiger charge is -2.10. The average molecular weight is 201 g/mol. The molecule has 0 atom stereocenters. The third-order valence-corrected chi connectivity index (χ3v) is 2.56. The van der Waals surface area contributed by atoms with Crippen LogP contribution in [0.5, 0.6) is 0 Å². The molecule has 1 heteroatoms. The molecule has 1 nitrogen and oxygen atoms in total. The van der Waals surface area contributed by atoms with Crippen molar-refractivity contribution in [3.05, 3.63) is 35.4 Å². The van der Waals surface area contributed by atoms with Crippen molar-refractivity contribution in [2.24, 2.45) is 4.99 Å². The third-order valence-electron chi connectivity index (χ3n) is 2.56. The van der Waals surface area contributed by atoms with Crippen LogP contribution in [-0.4, -0.2) is 6.21 Å². The highest BCUT2D eigenvalue weighted by Gasteiger charge is 2.05. The van der Waals surface area contributed by atoms with Crippen LogP contribution < -0.4 is 0 Å². The lowest BCUT2D eigenvalue weighted by molar-refractivity contribution is 1.11. The predicted octanol–water partition coefficient (Wildman–Crippen LogP) is 4.31. The molecule has 0 spiro atoms. The minimum Gasteiger partial charge on any atom is -0.261 e. The van der Waals surface area contributed by atoms with E-state index in [9.17, 15) is 0 Å². The lowest BCUT2D eigenvalue weighted by atomic mass is 9.98. The van der Waals surface area contributed by atoms with Crippen LogP contribution in [0, 0.1) is 6.92 Å². The van der Waals surface area contributed by atoms with Crippen molar-refractivity contribution >= 4 is 17.5 Å². The molecule has 0 bridgehead atoms. The number of hydrogen-bond donors (Lipinski definition) is 0. The fourth-order valence-corrected chi connectivity index (χ4v) is 1.71. The summed E-state index contributed by atoms with van der Waals surface area (Å²) in [5.74, 6) is 0. The highest BCUT2D eigenvalue weighted by molar-refractivity contribution is 5.76. The number of aliphatic imine (C=N–C) groups is 1. The SMILES string of the molecule is C=C(C)c1cc(C)c(CC)cc1N=CC. The third kappa shape index (κ3) is 2.56. The Kier molecular flexibility index (Phi) is 3.84. The molecule has 0 aliphatic carbocycles. The largest absolute Gasteiger partial charge is 0.261 e. The molecule has 0 radical (unpaired) electrons. The van der Waals surface area contributed by atoms with Gasteiger partial charge in [0.05, 0.1) is 5.69 Å². The van der Waals surface area contributed by atoms with Gasteiger partial charge in [-0.3, -0.25) is 4.99 Å². The van der Waals surface area contributed by atoms with Crippen molar-refractivity contribution in [2.75, 3.05) is 0 Å². The normalized spacial score (nSPS) is 10.9. The van der Waals surface area contributed by atoms with Crippen LogP contribution in [0.1, 0.15) is 37.5 Å². The van der Waals surface area contributed by atoms with Crippen molar-refractivity contribution < 1.29 is 0 Å². The van der Waals surface area contributed by atoms with Gasteiger partial charge in [0.25, 0.3) is 0 Å². The van der Waals surface area contributed by atoms with E-state index >= 15 is 0 Å². The van der Waals surface area contributed by atoms with Crippen LogP contribution in [-0.2, 0) is 6.42 Å². The van der Waals surface area contributed by atoms with Crippen LogP contribution in [0.15, 0.2) is 23.7 Å². The summed E-state index contributed by atoms with van der Waals surface area (Å²) in [5.41, 5.74) is 5.95. The van der Waals surface area contributed by atoms with Crippen molar-refractivity contribution in [1.82, 2.24) is 0 Å². The fourth-order valence-electron chi connectivity index (χ4n) is 1.71. The number of hydrogen-bond acceptors (Lipinski definition) is 1. The molecule has 1 aromatic carbocycles. The highest BCUT2D eigenvalue weighted by Crippen LogP contribution is 2.28. The van der Waals surface area contributed by atoms with Crippen molar-refractivity contribution in [1.29, 1.82) is 0 Å². The Morgan fingerprint density at radius 1 is 1.47 bits per heavy atom. The molecule has 0 saturated heterocycles. The Hall–Kier alpha value is -1.37. The first-order valence-corrected chi connectivity index (χ1v) is 5.38. The summed E-state index contributed by atoms with van der Waals surface area (Å²) in [6, 6.07) is 4.35. The van der Waals surface area contributed by atoms with E-state index in [0.29, 0.717) is 0 Å². The molecule has 0 unspecified atom stereocenters. The Balaban J connectivity index is 3.38. The van der Waals surface area contributed by atoms with E-state index in [4.69, 9.17) is 0 Å². The van der Waals surface area contributed by atoms with Gasteiger partial charge in [-0.05, 0) is 56.0 Å². The molecular weight excluding hydrogens is 182 g/mol. The van der Waals surface area contributed by atoms with Gasteiger partial charge in [0, 0.05) is 11.8 Å². The fraction of sp³-hybridized carbons (Fsp3) is 0.357. The van der Waals surface area contributed by atoms with Gasteiger partial charge >= 0.3 is 0 Å². The standard InChI is InChI=1S/C14H19N/c1-6-12-9-14(15-7-2)13(10(3)4)8-11(12)5/h7-9H,3,6H2,1-2,4-5H3. The van der Waals surface area contributed by atoms with Gasteiger partial charge in [-0.1, -0.05) is 13.5 Å². The van der Waals surface area contributed by atoms with Crippen molar-refractivity contribution in [2.45, 2.75) is 34.1 Å². The summed E-state index contributed by atoms with van der Waals surface area (Å²) < 4.78 is 0. The maximum atomic E-state index is 4.39. The molecular formula is C14H19N. The summed E-state index contributed by atoms with van der Waals surface area (Å²) in [5, 5.41) is 0. The Bertz CT molecular complexity index is 400. The van der Waals surface area contributed by atoms with Gasteiger partial charge < -0.3 is 0 Å². The molecule has 1 rings (SSSR count). The van der Waals surface area contributed by atoms with Gasteiger partial charge in [0.2, 0.25) is 0 Å². The Labute approximate surface area is 92.6 Å². The van der Waals surface area contributed by atoms with Gasteiger partial charge in [-0.2, -0.15) is 0 Å². The smallest absolute Gasteiger partial charge is 0.0703 e. The molecule has 0 fully saturated rings. The molecule has 1 aromatic rings. The van der Waals surface area contributed by atoms with Gasteiger partial charge in [-0.15, -0.1) is 0 Å². The highest BCUT2D eigenvalue weighted by atomic mass is 14.7. The Morgan fingerprint density at radius 3 is 2.60 bits per heavy atom. The summed E-state index contributed by atoms with van der Waals surface area (Å²) in [4.78, 5) is 4.39. The maximum Gasteiger partial charge on any atom is 0.0703 e. The zero-order chi connectivity index (χ0) is 11.4. The van der Waals surface area contributed by atoms with E-state index in [-0.39, 0.29) is 0 Å². The summed E-state index contributed by atoms with van der Waals surface area (Å²) >= 11 is 0. The van der Waals surface area contributed by atoms with Crippen LogP contribution >= 0.6 is 0 Å². The molecule has 0 aliphatic heterocycles. The summed E-state index contributed by atoms with van der Waals surface area (Å²) in [6.45, 7) is 12.3. The second-order valence-electron chi connectivity index (χ2n) is 3.82. The Morgan fingerprint density at radius 2 is 2.13 bits per heavy atom. The molecule has 0 aliphatic rings. The minimum atomic E-state index is 1.03. The second kappa shape index (κ2) is 4.92. The maximum absolute atomic E-state index is 4.39. The first kappa shape index (κ1) is 11.7. The van der Waals surface area contributed by atoms with Crippen LogP contribution in [0.2, 0.25) is 0 Å². The average Bonchev–Trinajstić information content (AvgIpc) is 2.20. The number of aryl methyl sites for hydroxylation is 2. The zero-order valence-electron chi connectivity index (χ0n) is 10.1. The zero-order valence-corrected chi connectivity index (χ0v) is 10.1. The predicted molar refractivity (Wildman–Crippen MR) is 69.1 cm³/mol. The molecule has 0 amide bonds. The number of benzene rings is 1. The molecule has 0 N–H and O–H groups in total. The quantitative estimate of drug-likeness (QED) is 0.646. The number of rotatable bonds is 3. The molecule has 0 aromatic heterocycles. The van der Waals surface area contributed by atoms with Crippen LogP contribution in [0.25, 0.3) is 5.57 Å². The summed E-state index contributed by atoms with van der Waals surface area (Å²) in [6.07, 6.45) is 2.88. The molecule has 80 valence electrons. The van der Waals surface area contributed by atoms with E-state index < -0.39 is 0 Å². The minimum absolute atomic E-state index is 1.03. The first-order chi connectivity index (χ1) is 7.10. The molecule has 0 heterocycles. The van der Waals surface area contributed by atoms with Crippen molar-refractivity contribution in [3.63, 3.8) is 0 Å². The summed E-state index contributed by atoms with van der Waals surface area (Å²) in [7, 11) is 0. The monoisotopic (exact) mass is 201 g/mol.